The Balaban J connectivity index is 2.40. The van der Waals surface area contributed by atoms with Crippen LogP contribution in [0.25, 0.3) is 11.2 Å². The van der Waals surface area contributed by atoms with Gasteiger partial charge >= 0.3 is 5.69 Å². The second kappa shape index (κ2) is 4.31. The highest BCUT2D eigenvalue weighted by Gasteiger charge is 2.09. The SMILES string of the molecule is Nc1ncnc2c1[nH]c(=O)n2CCCCO. The number of H-pyrrole nitrogens is 1. The lowest BCUT2D eigenvalue weighted by atomic mass is 10.3. The van der Waals surface area contributed by atoms with E-state index in [1.165, 1.54) is 10.9 Å². The first kappa shape index (κ1) is 10.6. The third-order valence-corrected chi connectivity index (χ3v) is 2.38. The zero-order chi connectivity index (χ0) is 11.5. The van der Waals surface area contributed by atoms with E-state index in [1.807, 2.05) is 0 Å². The van der Waals surface area contributed by atoms with E-state index in [0.717, 1.165) is 0 Å². The first-order valence-electron chi connectivity index (χ1n) is 5.04. The molecule has 0 bridgehead atoms. The van der Waals surface area contributed by atoms with Gasteiger partial charge in [0.2, 0.25) is 0 Å². The lowest BCUT2D eigenvalue weighted by Crippen LogP contribution is -2.17. The van der Waals surface area contributed by atoms with Crippen LogP contribution in [0.5, 0.6) is 0 Å². The van der Waals surface area contributed by atoms with E-state index in [2.05, 4.69) is 15.0 Å². The molecule has 7 nitrogen and oxygen atoms in total. The van der Waals surface area contributed by atoms with Crippen molar-refractivity contribution in [3.05, 3.63) is 16.8 Å². The number of aryl methyl sites for hydroxylation is 1. The topological polar surface area (TPSA) is 110 Å². The number of hydrogen-bond acceptors (Lipinski definition) is 5. The molecular weight excluding hydrogens is 210 g/mol. The predicted molar refractivity (Wildman–Crippen MR) is 58.9 cm³/mol. The smallest absolute Gasteiger partial charge is 0.327 e. The molecule has 7 heteroatoms. The van der Waals surface area contributed by atoms with Crippen LogP contribution in [-0.4, -0.2) is 31.2 Å². The molecule has 0 saturated carbocycles. The number of unbranched alkanes of at least 4 members (excludes halogenated alkanes) is 1. The minimum absolute atomic E-state index is 0.119. The number of nitrogens with one attached hydrogen (secondary N) is 1. The van der Waals surface area contributed by atoms with Crippen LogP contribution in [0.15, 0.2) is 11.1 Å². The normalized spacial score (nSPS) is 11.1. The van der Waals surface area contributed by atoms with E-state index in [0.29, 0.717) is 30.6 Å². The van der Waals surface area contributed by atoms with Crippen molar-refractivity contribution in [1.82, 2.24) is 19.5 Å². The van der Waals surface area contributed by atoms with Gasteiger partial charge in [-0.25, -0.2) is 14.8 Å². The van der Waals surface area contributed by atoms with Gasteiger partial charge in [0, 0.05) is 13.2 Å². The van der Waals surface area contributed by atoms with Gasteiger partial charge in [-0.2, -0.15) is 0 Å². The summed E-state index contributed by atoms with van der Waals surface area (Å²) in [6, 6.07) is 0. The average Bonchev–Trinajstić information content (AvgIpc) is 2.58. The fourth-order valence-electron chi connectivity index (χ4n) is 1.57. The predicted octanol–water partition coefficient (Wildman–Crippen LogP) is -0.526. The molecule has 2 aromatic heterocycles. The van der Waals surface area contributed by atoms with Crippen molar-refractivity contribution in [2.75, 3.05) is 12.3 Å². The summed E-state index contributed by atoms with van der Waals surface area (Å²) < 4.78 is 1.50. The maximum absolute atomic E-state index is 11.6. The highest BCUT2D eigenvalue weighted by Crippen LogP contribution is 2.11. The minimum atomic E-state index is -0.250. The van der Waals surface area contributed by atoms with Crippen LogP contribution in [0, 0.1) is 0 Å². The molecule has 0 spiro atoms. The highest BCUT2D eigenvalue weighted by molar-refractivity contribution is 5.80. The fraction of sp³-hybridized carbons (Fsp3) is 0.444. The number of nitrogen functional groups attached to an aromatic ring is 1. The summed E-state index contributed by atoms with van der Waals surface area (Å²) in [7, 11) is 0. The molecule has 4 N–H and O–H groups in total. The Labute approximate surface area is 90.9 Å². The van der Waals surface area contributed by atoms with E-state index in [9.17, 15) is 4.79 Å². The molecule has 0 unspecified atom stereocenters. The quantitative estimate of drug-likeness (QED) is 0.604. The number of aliphatic hydroxyl groups excluding tert-OH is 1. The first-order valence-corrected chi connectivity index (χ1v) is 5.04. The van der Waals surface area contributed by atoms with E-state index < -0.39 is 0 Å². The van der Waals surface area contributed by atoms with Crippen molar-refractivity contribution in [1.29, 1.82) is 0 Å². The van der Waals surface area contributed by atoms with Crippen LogP contribution in [0.3, 0.4) is 0 Å². The minimum Gasteiger partial charge on any atom is -0.396 e. The molecule has 0 fully saturated rings. The van der Waals surface area contributed by atoms with Crippen LogP contribution < -0.4 is 11.4 Å². The number of hydrogen-bond donors (Lipinski definition) is 3. The van der Waals surface area contributed by atoms with Crippen LogP contribution in [0.1, 0.15) is 12.8 Å². The molecule has 0 saturated heterocycles. The van der Waals surface area contributed by atoms with Gasteiger partial charge in [-0.1, -0.05) is 0 Å². The molecular formula is C9H13N5O2. The van der Waals surface area contributed by atoms with E-state index in [4.69, 9.17) is 10.8 Å². The Morgan fingerprint density at radius 1 is 1.44 bits per heavy atom. The molecule has 16 heavy (non-hydrogen) atoms. The van der Waals surface area contributed by atoms with Crippen LogP contribution in [0.2, 0.25) is 0 Å². The Kier molecular flexibility index (Phi) is 2.86. The maximum atomic E-state index is 11.6. The number of nitrogens with zero attached hydrogens (tertiary/aromatic N) is 3. The van der Waals surface area contributed by atoms with Crippen molar-refractivity contribution < 1.29 is 5.11 Å². The van der Waals surface area contributed by atoms with E-state index in [1.54, 1.807) is 0 Å². The van der Waals surface area contributed by atoms with Crippen molar-refractivity contribution in [3.63, 3.8) is 0 Å². The largest absolute Gasteiger partial charge is 0.396 e. The lowest BCUT2D eigenvalue weighted by Gasteiger charge is -2.01. The number of aromatic nitrogens is 4. The molecule has 0 aliphatic carbocycles. The van der Waals surface area contributed by atoms with Gasteiger partial charge in [0.05, 0.1) is 0 Å². The van der Waals surface area contributed by atoms with Gasteiger partial charge in [-0.3, -0.25) is 4.57 Å². The van der Waals surface area contributed by atoms with Gasteiger partial charge in [-0.15, -0.1) is 0 Å². The monoisotopic (exact) mass is 223 g/mol. The van der Waals surface area contributed by atoms with Crippen molar-refractivity contribution in [3.8, 4) is 0 Å². The molecule has 2 rings (SSSR count). The number of rotatable bonds is 4. The number of imidazole rings is 1. The zero-order valence-corrected chi connectivity index (χ0v) is 8.68. The summed E-state index contributed by atoms with van der Waals surface area (Å²) in [5.74, 6) is 0.267. The Morgan fingerprint density at radius 3 is 3.00 bits per heavy atom. The van der Waals surface area contributed by atoms with Crippen LogP contribution in [-0.2, 0) is 6.54 Å². The fourth-order valence-corrected chi connectivity index (χ4v) is 1.57. The molecule has 0 aliphatic heterocycles. The maximum Gasteiger partial charge on any atom is 0.327 e. The Morgan fingerprint density at radius 2 is 2.25 bits per heavy atom. The van der Waals surface area contributed by atoms with Gasteiger partial charge in [-0.05, 0) is 12.8 Å². The van der Waals surface area contributed by atoms with Crippen molar-refractivity contribution >= 4 is 17.0 Å². The Bertz CT molecular complexity index is 544. The molecule has 0 aliphatic rings. The molecule has 0 atom stereocenters. The molecule has 86 valence electrons. The highest BCUT2D eigenvalue weighted by atomic mass is 16.2. The summed E-state index contributed by atoms with van der Waals surface area (Å²) in [6.45, 7) is 0.629. The van der Waals surface area contributed by atoms with Crippen LogP contribution in [0.4, 0.5) is 5.82 Å². The van der Waals surface area contributed by atoms with Crippen molar-refractivity contribution in [2.24, 2.45) is 0 Å². The molecule has 0 aromatic carbocycles. The molecule has 0 amide bonds. The number of aromatic amines is 1. The number of fused-ring (bicyclic) bond motifs is 1. The third kappa shape index (κ3) is 1.76. The molecule has 2 heterocycles. The summed E-state index contributed by atoms with van der Waals surface area (Å²) in [4.78, 5) is 22.0. The third-order valence-electron chi connectivity index (χ3n) is 2.38. The number of anilines is 1. The molecule has 0 radical (unpaired) electrons. The Hall–Kier alpha value is -1.89. The zero-order valence-electron chi connectivity index (χ0n) is 8.68. The summed E-state index contributed by atoms with van der Waals surface area (Å²) >= 11 is 0. The first-order chi connectivity index (χ1) is 7.74. The van der Waals surface area contributed by atoms with Gasteiger partial charge in [0.1, 0.15) is 11.8 Å². The molecule has 2 aromatic rings. The van der Waals surface area contributed by atoms with E-state index in [-0.39, 0.29) is 18.1 Å². The van der Waals surface area contributed by atoms with Gasteiger partial charge in [0.15, 0.2) is 11.5 Å². The van der Waals surface area contributed by atoms with E-state index >= 15 is 0 Å². The summed E-state index contributed by atoms with van der Waals surface area (Å²) in [5, 5.41) is 8.68. The van der Waals surface area contributed by atoms with Gasteiger partial charge in [0.25, 0.3) is 0 Å². The number of nitrogens with two attached hydrogens (primary N) is 1. The second-order valence-corrected chi connectivity index (χ2v) is 3.47. The average molecular weight is 223 g/mol. The van der Waals surface area contributed by atoms with Gasteiger partial charge < -0.3 is 15.8 Å². The second-order valence-electron chi connectivity index (χ2n) is 3.47. The lowest BCUT2D eigenvalue weighted by molar-refractivity contribution is 0.281. The van der Waals surface area contributed by atoms with Crippen molar-refractivity contribution in [2.45, 2.75) is 19.4 Å². The van der Waals surface area contributed by atoms with Crippen LogP contribution >= 0.6 is 0 Å². The number of aliphatic hydroxyl groups is 1. The summed E-state index contributed by atoms with van der Waals surface area (Å²) in [6.07, 6.45) is 2.69. The standard InChI is InChI=1S/C9H13N5O2/c10-7-6-8(12-5-11-7)14(9(16)13-6)3-1-2-4-15/h5,15H,1-4H2,(H,13,16)(H2,10,11,12). The summed E-state index contributed by atoms with van der Waals surface area (Å²) in [5.41, 5.74) is 6.35.